The molecule has 0 saturated heterocycles. The summed E-state index contributed by atoms with van der Waals surface area (Å²) in [5.74, 6) is 0. The van der Waals surface area contributed by atoms with Crippen LogP contribution in [0, 0.1) is 0 Å². The molecule has 108 valence electrons. The summed E-state index contributed by atoms with van der Waals surface area (Å²) in [6.07, 6.45) is 0.145. The van der Waals surface area contributed by atoms with E-state index in [0.717, 1.165) is 10.5 Å². The molecular weight excluding hydrogens is 274 g/mol. The van der Waals surface area contributed by atoms with Gasteiger partial charge in [0.15, 0.2) is 5.16 Å². The number of rotatable bonds is 5. The van der Waals surface area contributed by atoms with Crippen molar-refractivity contribution in [2.75, 3.05) is 0 Å². The van der Waals surface area contributed by atoms with Crippen LogP contribution in [0.1, 0.15) is 44.9 Å². The van der Waals surface area contributed by atoms with Gasteiger partial charge in [-0.25, -0.2) is 9.89 Å². The molecule has 1 atom stereocenters. The van der Waals surface area contributed by atoms with Crippen LogP contribution in [0.4, 0.5) is 0 Å². The van der Waals surface area contributed by atoms with Crippen molar-refractivity contribution in [1.82, 2.24) is 14.8 Å². The molecule has 0 aliphatic heterocycles. The van der Waals surface area contributed by atoms with Crippen LogP contribution in [0.5, 0.6) is 0 Å². The van der Waals surface area contributed by atoms with Crippen molar-refractivity contribution in [1.29, 1.82) is 0 Å². The molecule has 1 unspecified atom stereocenters. The minimum Gasteiger partial charge on any atom is -0.388 e. The Labute approximate surface area is 122 Å². The number of aliphatic hydroxyl groups is 1. The van der Waals surface area contributed by atoms with E-state index >= 15 is 0 Å². The summed E-state index contributed by atoms with van der Waals surface area (Å²) in [7, 11) is 0. The Hall–Kier alpha value is -1.53. The number of aromatic amines is 1. The smallest absolute Gasteiger partial charge is 0.344 e. The van der Waals surface area contributed by atoms with Gasteiger partial charge in [-0.2, -0.15) is 0 Å². The van der Waals surface area contributed by atoms with Gasteiger partial charge in [-0.15, -0.1) is 5.10 Å². The van der Waals surface area contributed by atoms with Crippen molar-refractivity contribution in [2.45, 2.75) is 49.4 Å². The molecule has 1 aromatic carbocycles. The van der Waals surface area contributed by atoms with Gasteiger partial charge >= 0.3 is 5.69 Å². The van der Waals surface area contributed by atoms with Gasteiger partial charge in [-0.1, -0.05) is 25.1 Å². The Morgan fingerprint density at radius 3 is 2.75 bits per heavy atom. The Kier molecular flexibility index (Phi) is 4.67. The molecule has 2 N–H and O–H groups in total. The molecule has 1 aromatic heterocycles. The van der Waals surface area contributed by atoms with Crippen molar-refractivity contribution in [3.63, 3.8) is 0 Å². The van der Waals surface area contributed by atoms with Gasteiger partial charge in [0.05, 0.1) is 6.10 Å². The first kappa shape index (κ1) is 14.9. The van der Waals surface area contributed by atoms with Crippen LogP contribution in [0.2, 0.25) is 0 Å². The number of nitrogens with one attached hydrogen (secondary N) is 1. The molecule has 0 spiro atoms. The third kappa shape index (κ3) is 2.96. The Bertz CT molecular complexity index is 633. The molecule has 0 amide bonds. The SMILES string of the molecule is CCC(O)c1ccccc1Sc1n[nH]c(=O)n1C(C)C. The van der Waals surface area contributed by atoms with E-state index < -0.39 is 6.10 Å². The van der Waals surface area contributed by atoms with E-state index in [1.54, 1.807) is 4.57 Å². The highest BCUT2D eigenvalue weighted by Gasteiger charge is 2.16. The maximum atomic E-state index is 11.7. The second-order valence-corrected chi connectivity index (χ2v) is 5.85. The summed E-state index contributed by atoms with van der Waals surface area (Å²) in [4.78, 5) is 12.6. The number of aliphatic hydroxyl groups excluding tert-OH is 1. The van der Waals surface area contributed by atoms with Crippen molar-refractivity contribution in [3.05, 3.63) is 40.3 Å². The van der Waals surface area contributed by atoms with E-state index in [0.29, 0.717) is 11.6 Å². The molecule has 20 heavy (non-hydrogen) atoms. The molecule has 0 aliphatic carbocycles. The average molecular weight is 293 g/mol. The molecule has 1 heterocycles. The number of aromatic nitrogens is 3. The summed E-state index contributed by atoms with van der Waals surface area (Å²) < 4.78 is 1.61. The lowest BCUT2D eigenvalue weighted by atomic mass is 10.1. The standard InChI is InChI=1S/C14H19N3O2S/c1-4-11(18)10-7-5-6-8-12(10)20-14-16-15-13(19)17(14)9(2)3/h5-9,11,18H,4H2,1-3H3,(H,15,19). The molecule has 0 fully saturated rings. The highest BCUT2D eigenvalue weighted by Crippen LogP contribution is 2.33. The Balaban J connectivity index is 2.38. The Morgan fingerprint density at radius 2 is 2.10 bits per heavy atom. The van der Waals surface area contributed by atoms with Crippen LogP contribution in [0.25, 0.3) is 0 Å². The maximum absolute atomic E-state index is 11.7. The first-order chi connectivity index (χ1) is 9.54. The minimum atomic E-state index is -0.503. The van der Waals surface area contributed by atoms with Gasteiger partial charge in [0.1, 0.15) is 0 Å². The number of hydrogen-bond acceptors (Lipinski definition) is 4. The van der Waals surface area contributed by atoms with Gasteiger partial charge < -0.3 is 5.11 Å². The van der Waals surface area contributed by atoms with Gasteiger partial charge in [0.25, 0.3) is 0 Å². The molecule has 6 heteroatoms. The third-order valence-corrected chi connectivity index (χ3v) is 4.12. The Morgan fingerprint density at radius 1 is 1.40 bits per heavy atom. The molecule has 0 aliphatic rings. The number of nitrogens with zero attached hydrogens (tertiary/aromatic N) is 2. The van der Waals surface area contributed by atoms with E-state index in [1.165, 1.54) is 11.8 Å². The van der Waals surface area contributed by atoms with Gasteiger partial charge in [-0.05, 0) is 43.7 Å². The fraction of sp³-hybridized carbons (Fsp3) is 0.429. The van der Waals surface area contributed by atoms with Gasteiger partial charge in [0.2, 0.25) is 0 Å². The average Bonchev–Trinajstić information content (AvgIpc) is 2.79. The van der Waals surface area contributed by atoms with Crippen LogP contribution < -0.4 is 5.69 Å². The lowest BCUT2D eigenvalue weighted by Crippen LogP contribution is -2.19. The fourth-order valence-electron chi connectivity index (χ4n) is 1.98. The topological polar surface area (TPSA) is 70.9 Å². The van der Waals surface area contributed by atoms with E-state index in [4.69, 9.17) is 0 Å². The maximum Gasteiger partial charge on any atom is 0.344 e. The normalized spacial score (nSPS) is 12.8. The highest BCUT2D eigenvalue weighted by molar-refractivity contribution is 7.99. The van der Waals surface area contributed by atoms with E-state index in [1.807, 2.05) is 45.0 Å². The van der Waals surface area contributed by atoms with Crippen LogP contribution >= 0.6 is 11.8 Å². The van der Waals surface area contributed by atoms with Crippen LogP contribution in [-0.2, 0) is 0 Å². The molecular formula is C14H19N3O2S. The highest BCUT2D eigenvalue weighted by atomic mass is 32.2. The summed E-state index contributed by atoms with van der Waals surface area (Å²) in [5, 5.41) is 17.2. The summed E-state index contributed by atoms with van der Waals surface area (Å²) in [6, 6.07) is 7.69. The predicted molar refractivity (Wildman–Crippen MR) is 79.0 cm³/mol. The minimum absolute atomic E-state index is 0.0343. The molecule has 0 bridgehead atoms. The van der Waals surface area contributed by atoms with Gasteiger partial charge in [-0.3, -0.25) is 4.57 Å². The summed E-state index contributed by atoms with van der Waals surface area (Å²) in [6.45, 7) is 5.81. The zero-order valence-electron chi connectivity index (χ0n) is 11.8. The fourth-order valence-corrected chi connectivity index (χ4v) is 3.13. The number of benzene rings is 1. The van der Waals surface area contributed by atoms with Gasteiger partial charge in [0, 0.05) is 10.9 Å². The van der Waals surface area contributed by atoms with Crippen molar-refractivity contribution >= 4 is 11.8 Å². The number of hydrogen-bond donors (Lipinski definition) is 2. The molecule has 0 saturated carbocycles. The molecule has 2 rings (SSSR count). The number of H-pyrrole nitrogens is 1. The molecule has 2 aromatic rings. The lowest BCUT2D eigenvalue weighted by molar-refractivity contribution is 0.171. The van der Waals surface area contributed by atoms with E-state index in [2.05, 4.69) is 10.2 Å². The third-order valence-electron chi connectivity index (χ3n) is 3.05. The second kappa shape index (κ2) is 6.28. The van der Waals surface area contributed by atoms with E-state index in [9.17, 15) is 9.90 Å². The lowest BCUT2D eigenvalue weighted by Gasteiger charge is -2.14. The monoisotopic (exact) mass is 293 g/mol. The van der Waals surface area contributed by atoms with Crippen molar-refractivity contribution < 1.29 is 5.11 Å². The first-order valence-electron chi connectivity index (χ1n) is 6.66. The zero-order chi connectivity index (χ0) is 14.7. The molecule has 5 nitrogen and oxygen atoms in total. The first-order valence-corrected chi connectivity index (χ1v) is 7.48. The largest absolute Gasteiger partial charge is 0.388 e. The van der Waals surface area contributed by atoms with Crippen molar-refractivity contribution in [2.24, 2.45) is 0 Å². The van der Waals surface area contributed by atoms with E-state index in [-0.39, 0.29) is 11.7 Å². The predicted octanol–water partition coefficient (Wildman–Crippen LogP) is 2.75. The summed E-state index contributed by atoms with van der Waals surface area (Å²) >= 11 is 1.39. The zero-order valence-corrected chi connectivity index (χ0v) is 12.6. The van der Waals surface area contributed by atoms with Crippen molar-refractivity contribution in [3.8, 4) is 0 Å². The second-order valence-electron chi connectivity index (χ2n) is 4.84. The summed E-state index contributed by atoms with van der Waals surface area (Å²) in [5.41, 5.74) is 0.654. The van der Waals surface area contributed by atoms with Crippen LogP contribution in [-0.4, -0.2) is 19.9 Å². The quantitative estimate of drug-likeness (QED) is 0.889. The van der Waals surface area contributed by atoms with Crippen LogP contribution in [0.15, 0.2) is 39.1 Å². The van der Waals surface area contributed by atoms with Crippen LogP contribution in [0.3, 0.4) is 0 Å². The molecule has 0 radical (unpaired) electrons.